The van der Waals surface area contributed by atoms with Crippen molar-refractivity contribution in [1.29, 1.82) is 0 Å². The summed E-state index contributed by atoms with van der Waals surface area (Å²) in [5, 5.41) is 7.59. The maximum absolute atomic E-state index is 11.9. The number of anilines is 1. The fourth-order valence-corrected chi connectivity index (χ4v) is 2.01. The van der Waals surface area contributed by atoms with Crippen molar-refractivity contribution in [3.63, 3.8) is 0 Å². The van der Waals surface area contributed by atoms with E-state index in [4.69, 9.17) is 9.57 Å². The molecule has 0 aliphatic carbocycles. The van der Waals surface area contributed by atoms with Crippen LogP contribution in [0.1, 0.15) is 32.4 Å². The second kappa shape index (κ2) is 9.45. The Balaban J connectivity index is 2.95. The summed E-state index contributed by atoms with van der Waals surface area (Å²) in [6.45, 7) is 5.95. The summed E-state index contributed by atoms with van der Waals surface area (Å²) in [4.78, 5) is 23.5. The van der Waals surface area contributed by atoms with Crippen LogP contribution in [0.2, 0.25) is 0 Å². The minimum absolute atomic E-state index is 0.350. The molecule has 0 spiro atoms. The Labute approximate surface area is 136 Å². The van der Waals surface area contributed by atoms with Crippen LogP contribution >= 0.6 is 0 Å². The van der Waals surface area contributed by atoms with Gasteiger partial charge in [0.1, 0.15) is 7.11 Å². The van der Waals surface area contributed by atoms with E-state index in [0.29, 0.717) is 12.3 Å². The van der Waals surface area contributed by atoms with Crippen molar-refractivity contribution in [3.8, 4) is 0 Å². The molecule has 1 unspecified atom stereocenters. The molecular formula is C16H23N3O4. The van der Waals surface area contributed by atoms with E-state index in [1.165, 1.54) is 25.3 Å². The lowest BCUT2D eigenvalue weighted by Crippen LogP contribution is -2.31. The summed E-state index contributed by atoms with van der Waals surface area (Å²) < 4.78 is 4.82. The number of oxime groups is 2. The van der Waals surface area contributed by atoms with Crippen molar-refractivity contribution in [2.45, 2.75) is 26.9 Å². The monoisotopic (exact) mass is 321 g/mol. The lowest BCUT2D eigenvalue weighted by atomic mass is 10.1. The smallest absolute Gasteiger partial charge is 0.413 e. The van der Waals surface area contributed by atoms with Crippen molar-refractivity contribution >= 4 is 23.7 Å². The molecule has 0 aliphatic heterocycles. The molecule has 1 aromatic rings. The quantitative estimate of drug-likeness (QED) is 0.570. The van der Waals surface area contributed by atoms with E-state index in [1.807, 2.05) is 38.1 Å². The zero-order chi connectivity index (χ0) is 17.2. The number of para-hydroxylation sites is 1. The van der Waals surface area contributed by atoms with Gasteiger partial charge in [0.25, 0.3) is 0 Å². The molecule has 1 atom stereocenters. The zero-order valence-electron chi connectivity index (χ0n) is 14.1. The number of benzene rings is 1. The SMILES string of the molecule is CCN(C(=O)OC)c1ccccc1C(C)ON=CC(C)=NOC. The van der Waals surface area contributed by atoms with Gasteiger partial charge in [0.05, 0.1) is 24.7 Å². The Morgan fingerprint density at radius 1 is 1.35 bits per heavy atom. The van der Waals surface area contributed by atoms with Gasteiger partial charge < -0.3 is 14.4 Å². The van der Waals surface area contributed by atoms with E-state index >= 15 is 0 Å². The molecule has 0 fully saturated rings. The number of hydrogen-bond donors (Lipinski definition) is 0. The molecule has 0 aromatic heterocycles. The van der Waals surface area contributed by atoms with Crippen LogP contribution in [0.4, 0.5) is 10.5 Å². The van der Waals surface area contributed by atoms with E-state index in [2.05, 4.69) is 15.1 Å². The number of amides is 1. The summed E-state index contributed by atoms with van der Waals surface area (Å²) in [6, 6.07) is 7.47. The topological polar surface area (TPSA) is 72.7 Å². The van der Waals surface area contributed by atoms with Crippen LogP contribution in [0, 0.1) is 0 Å². The first kappa shape index (κ1) is 18.5. The van der Waals surface area contributed by atoms with Crippen LogP contribution in [0.25, 0.3) is 0 Å². The number of carbonyl (C=O) groups excluding carboxylic acids is 1. The van der Waals surface area contributed by atoms with E-state index < -0.39 is 6.09 Å². The number of rotatable bonds is 7. The van der Waals surface area contributed by atoms with E-state index in [-0.39, 0.29) is 6.10 Å². The van der Waals surface area contributed by atoms with Crippen molar-refractivity contribution in [2.75, 3.05) is 25.7 Å². The highest BCUT2D eigenvalue weighted by molar-refractivity contribution is 6.29. The van der Waals surface area contributed by atoms with Crippen molar-refractivity contribution < 1.29 is 19.2 Å². The number of carbonyl (C=O) groups is 1. The van der Waals surface area contributed by atoms with Crippen LogP contribution < -0.4 is 4.90 Å². The number of hydrogen-bond acceptors (Lipinski definition) is 6. The van der Waals surface area contributed by atoms with Gasteiger partial charge in [0.15, 0.2) is 6.10 Å². The zero-order valence-corrected chi connectivity index (χ0v) is 14.1. The Morgan fingerprint density at radius 2 is 2.04 bits per heavy atom. The summed E-state index contributed by atoms with van der Waals surface area (Å²) in [7, 11) is 2.82. The van der Waals surface area contributed by atoms with Crippen LogP contribution in [0.5, 0.6) is 0 Å². The van der Waals surface area contributed by atoms with Crippen molar-refractivity contribution in [1.82, 2.24) is 0 Å². The van der Waals surface area contributed by atoms with E-state index in [1.54, 1.807) is 6.92 Å². The Hall–Kier alpha value is -2.57. The molecule has 0 aliphatic rings. The maximum atomic E-state index is 11.9. The van der Waals surface area contributed by atoms with Crippen molar-refractivity contribution in [3.05, 3.63) is 29.8 Å². The lowest BCUT2D eigenvalue weighted by molar-refractivity contribution is 0.0741. The predicted octanol–water partition coefficient (Wildman–Crippen LogP) is 3.37. The molecule has 0 saturated heterocycles. The minimum Gasteiger partial charge on any atom is -0.452 e. The summed E-state index contributed by atoms with van der Waals surface area (Å²) in [5.41, 5.74) is 2.14. The Morgan fingerprint density at radius 3 is 2.65 bits per heavy atom. The van der Waals surface area contributed by atoms with Crippen molar-refractivity contribution in [2.24, 2.45) is 10.3 Å². The largest absolute Gasteiger partial charge is 0.452 e. The normalized spacial score (nSPS) is 12.8. The van der Waals surface area contributed by atoms with Gasteiger partial charge in [-0.05, 0) is 26.8 Å². The molecular weight excluding hydrogens is 298 g/mol. The lowest BCUT2D eigenvalue weighted by Gasteiger charge is -2.24. The Bertz CT molecular complexity index is 572. The van der Waals surface area contributed by atoms with Gasteiger partial charge in [-0.3, -0.25) is 4.90 Å². The first-order valence-electron chi connectivity index (χ1n) is 7.26. The third-order valence-electron chi connectivity index (χ3n) is 3.07. The number of nitrogens with zero attached hydrogens (tertiary/aromatic N) is 3. The van der Waals surface area contributed by atoms with Gasteiger partial charge in [-0.2, -0.15) is 0 Å². The van der Waals surface area contributed by atoms with Crippen LogP contribution in [-0.2, 0) is 14.4 Å². The summed E-state index contributed by atoms with van der Waals surface area (Å²) in [5.74, 6) is 0. The van der Waals surface area contributed by atoms with Gasteiger partial charge in [-0.1, -0.05) is 28.5 Å². The molecule has 0 heterocycles. The van der Waals surface area contributed by atoms with Gasteiger partial charge >= 0.3 is 6.09 Å². The summed E-state index contributed by atoms with van der Waals surface area (Å²) >= 11 is 0. The summed E-state index contributed by atoms with van der Waals surface area (Å²) in [6.07, 6.45) is 0.691. The molecule has 7 heteroatoms. The first-order valence-corrected chi connectivity index (χ1v) is 7.26. The third kappa shape index (κ3) is 5.28. The van der Waals surface area contributed by atoms with Gasteiger partial charge in [0, 0.05) is 12.1 Å². The average Bonchev–Trinajstić information content (AvgIpc) is 2.56. The third-order valence-corrected chi connectivity index (χ3v) is 3.07. The number of ether oxygens (including phenoxy) is 1. The molecule has 0 radical (unpaired) electrons. The molecule has 0 bridgehead atoms. The fraction of sp³-hybridized carbons (Fsp3) is 0.438. The minimum atomic E-state index is -0.418. The maximum Gasteiger partial charge on any atom is 0.413 e. The highest BCUT2D eigenvalue weighted by Gasteiger charge is 2.20. The highest BCUT2D eigenvalue weighted by atomic mass is 16.6. The first-order chi connectivity index (χ1) is 11.0. The second-order valence-electron chi connectivity index (χ2n) is 4.67. The average molecular weight is 321 g/mol. The van der Waals surface area contributed by atoms with Crippen LogP contribution in [0.15, 0.2) is 34.6 Å². The Kier molecular flexibility index (Phi) is 7.59. The standard InChI is InChI=1S/C16H23N3O4/c1-6-19(16(20)21-4)15-10-8-7-9-14(15)13(3)23-17-11-12(2)18-22-5/h7-11,13H,6H2,1-5H3. The predicted molar refractivity (Wildman–Crippen MR) is 90.0 cm³/mol. The van der Waals surface area contributed by atoms with Crippen LogP contribution in [-0.4, -0.2) is 38.8 Å². The molecule has 1 amide bonds. The molecule has 7 nitrogen and oxygen atoms in total. The molecule has 0 N–H and O–H groups in total. The number of methoxy groups -OCH3 is 1. The van der Waals surface area contributed by atoms with E-state index in [9.17, 15) is 4.79 Å². The fourth-order valence-electron chi connectivity index (χ4n) is 2.01. The molecule has 23 heavy (non-hydrogen) atoms. The molecule has 0 saturated carbocycles. The van der Waals surface area contributed by atoms with Gasteiger partial charge in [-0.25, -0.2) is 4.79 Å². The van der Waals surface area contributed by atoms with Crippen LogP contribution in [0.3, 0.4) is 0 Å². The van der Waals surface area contributed by atoms with Gasteiger partial charge in [0.2, 0.25) is 0 Å². The van der Waals surface area contributed by atoms with Gasteiger partial charge in [-0.15, -0.1) is 0 Å². The molecule has 126 valence electrons. The molecule has 1 rings (SSSR count). The second-order valence-corrected chi connectivity index (χ2v) is 4.67. The highest BCUT2D eigenvalue weighted by Crippen LogP contribution is 2.28. The van der Waals surface area contributed by atoms with E-state index in [0.717, 1.165) is 11.3 Å². The molecule has 1 aromatic carbocycles.